The van der Waals surface area contributed by atoms with Crippen molar-refractivity contribution in [3.63, 3.8) is 0 Å². The number of unbranched alkanes of at least 4 members (excludes halogenated alkanes) is 1. The second-order valence-electron chi connectivity index (χ2n) is 6.70. The molecule has 0 spiro atoms. The van der Waals surface area contributed by atoms with E-state index in [-0.39, 0.29) is 22.9 Å². The molecule has 0 aliphatic heterocycles. The first kappa shape index (κ1) is 21.6. The van der Waals surface area contributed by atoms with Gasteiger partial charge in [-0.25, -0.2) is 17.2 Å². The van der Waals surface area contributed by atoms with Gasteiger partial charge >= 0.3 is 5.56 Å². The van der Waals surface area contributed by atoms with Gasteiger partial charge in [0.2, 0.25) is 0 Å². The quantitative estimate of drug-likeness (QED) is 0.529. The van der Waals surface area contributed by atoms with Crippen LogP contribution in [0.15, 0.2) is 58.4 Å². The summed E-state index contributed by atoms with van der Waals surface area (Å²) in [6.07, 6.45) is 4.03. The maximum absolute atomic E-state index is 13.6. The standard InChI is InChI=1S/C21H20F2N2O4S/c1-3-4-11-29-20-17(14-5-8-16(9-6-14)30(2,27)28)13-24-25(21(20)26)15-7-10-18(22)19(23)12-15/h5-10,12-13H,3-4,11H2,1-2H3. The molecule has 6 nitrogen and oxygen atoms in total. The lowest BCUT2D eigenvalue weighted by atomic mass is 10.1. The Balaban J connectivity index is 2.12. The Kier molecular flexibility index (Phi) is 6.31. The predicted octanol–water partition coefficient (Wildman–Crippen LogP) is 3.76. The first-order chi connectivity index (χ1) is 14.2. The molecule has 0 saturated carbocycles. The Morgan fingerprint density at radius 3 is 2.37 bits per heavy atom. The average Bonchev–Trinajstić information content (AvgIpc) is 2.71. The van der Waals surface area contributed by atoms with Gasteiger partial charge in [-0.3, -0.25) is 4.79 Å². The first-order valence-corrected chi connectivity index (χ1v) is 11.1. The van der Waals surface area contributed by atoms with E-state index in [9.17, 15) is 22.0 Å². The Labute approximate surface area is 172 Å². The van der Waals surface area contributed by atoms with Crippen molar-refractivity contribution in [3.05, 3.63) is 70.6 Å². The van der Waals surface area contributed by atoms with E-state index < -0.39 is 27.0 Å². The molecule has 0 amide bonds. The summed E-state index contributed by atoms with van der Waals surface area (Å²) in [7, 11) is -3.37. The number of nitrogens with zero attached hydrogens (tertiary/aromatic N) is 2. The number of hydrogen-bond acceptors (Lipinski definition) is 5. The molecule has 0 radical (unpaired) electrons. The zero-order chi connectivity index (χ0) is 21.9. The van der Waals surface area contributed by atoms with Gasteiger partial charge in [0, 0.05) is 17.9 Å². The molecule has 0 N–H and O–H groups in total. The highest BCUT2D eigenvalue weighted by atomic mass is 32.2. The van der Waals surface area contributed by atoms with E-state index in [4.69, 9.17) is 4.74 Å². The summed E-state index contributed by atoms with van der Waals surface area (Å²) in [6.45, 7) is 2.25. The molecule has 0 bridgehead atoms. The van der Waals surface area contributed by atoms with E-state index in [0.717, 1.165) is 29.5 Å². The van der Waals surface area contributed by atoms with Crippen LogP contribution in [0.1, 0.15) is 19.8 Å². The van der Waals surface area contributed by atoms with Gasteiger partial charge in [0.25, 0.3) is 0 Å². The molecule has 0 saturated heterocycles. The van der Waals surface area contributed by atoms with Gasteiger partial charge in [-0.2, -0.15) is 9.78 Å². The van der Waals surface area contributed by atoms with Gasteiger partial charge in [0.05, 0.1) is 23.4 Å². The molecule has 158 valence electrons. The van der Waals surface area contributed by atoms with Crippen LogP contribution in [0.5, 0.6) is 5.75 Å². The van der Waals surface area contributed by atoms with Gasteiger partial charge in [0.15, 0.2) is 27.2 Å². The van der Waals surface area contributed by atoms with Crippen molar-refractivity contribution in [2.75, 3.05) is 12.9 Å². The second-order valence-corrected chi connectivity index (χ2v) is 8.72. The highest BCUT2D eigenvalue weighted by Crippen LogP contribution is 2.28. The maximum Gasteiger partial charge on any atom is 0.314 e. The zero-order valence-electron chi connectivity index (χ0n) is 16.4. The van der Waals surface area contributed by atoms with Gasteiger partial charge in [-0.15, -0.1) is 0 Å². The molecular formula is C21H20F2N2O4S. The molecule has 3 rings (SSSR count). The molecule has 9 heteroatoms. The van der Waals surface area contributed by atoms with Crippen LogP contribution in [0.4, 0.5) is 8.78 Å². The molecule has 0 atom stereocenters. The molecule has 0 fully saturated rings. The summed E-state index contributed by atoms with van der Waals surface area (Å²) in [5, 5.41) is 4.07. The second kappa shape index (κ2) is 8.74. The monoisotopic (exact) mass is 434 g/mol. The van der Waals surface area contributed by atoms with E-state index in [0.29, 0.717) is 17.5 Å². The Hall–Kier alpha value is -3.07. The van der Waals surface area contributed by atoms with E-state index in [2.05, 4.69) is 5.10 Å². The third kappa shape index (κ3) is 4.56. The van der Waals surface area contributed by atoms with Crippen LogP contribution in [0.25, 0.3) is 16.8 Å². The van der Waals surface area contributed by atoms with Crippen molar-refractivity contribution < 1.29 is 21.9 Å². The highest BCUT2D eigenvalue weighted by Gasteiger charge is 2.17. The van der Waals surface area contributed by atoms with Crippen LogP contribution in [0.2, 0.25) is 0 Å². The van der Waals surface area contributed by atoms with Crippen molar-refractivity contribution in [3.8, 4) is 22.6 Å². The largest absolute Gasteiger partial charge is 0.487 e. The molecule has 0 unspecified atom stereocenters. The van der Waals surface area contributed by atoms with Crippen LogP contribution in [0.3, 0.4) is 0 Å². The van der Waals surface area contributed by atoms with Crippen molar-refractivity contribution >= 4 is 9.84 Å². The van der Waals surface area contributed by atoms with Crippen molar-refractivity contribution in [2.24, 2.45) is 0 Å². The summed E-state index contributed by atoms with van der Waals surface area (Å²) in [5.41, 5.74) is 0.325. The van der Waals surface area contributed by atoms with Gasteiger partial charge in [-0.1, -0.05) is 25.5 Å². The SMILES string of the molecule is CCCCOc1c(-c2ccc(S(C)(=O)=O)cc2)cnn(-c2ccc(F)c(F)c2)c1=O. The molecule has 2 aromatic carbocycles. The van der Waals surface area contributed by atoms with E-state index in [1.807, 2.05) is 6.92 Å². The topological polar surface area (TPSA) is 78.3 Å². The fourth-order valence-corrected chi connectivity index (χ4v) is 3.41. The summed E-state index contributed by atoms with van der Waals surface area (Å²) < 4.78 is 56.9. The van der Waals surface area contributed by atoms with E-state index in [1.165, 1.54) is 24.4 Å². The van der Waals surface area contributed by atoms with Crippen LogP contribution in [-0.2, 0) is 9.84 Å². The number of benzene rings is 2. The molecule has 3 aromatic rings. The fraction of sp³-hybridized carbons (Fsp3) is 0.238. The highest BCUT2D eigenvalue weighted by molar-refractivity contribution is 7.90. The van der Waals surface area contributed by atoms with Gasteiger partial charge in [0.1, 0.15) is 0 Å². The Bertz CT molecular complexity index is 1220. The Morgan fingerprint density at radius 2 is 1.77 bits per heavy atom. The van der Waals surface area contributed by atoms with Crippen LogP contribution in [-0.4, -0.2) is 31.1 Å². The summed E-state index contributed by atoms with van der Waals surface area (Å²) in [6, 6.07) is 9.00. The molecule has 0 aliphatic rings. The summed E-state index contributed by atoms with van der Waals surface area (Å²) in [4.78, 5) is 13.2. The third-order valence-electron chi connectivity index (χ3n) is 4.42. The number of halogens is 2. The number of hydrogen-bond donors (Lipinski definition) is 0. The molecule has 1 aromatic heterocycles. The number of ether oxygens (including phenoxy) is 1. The Morgan fingerprint density at radius 1 is 1.07 bits per heavy atom. The van der Waals surface area contributed by atoms with Crippen molar-refractivity contribution in [1.29, 1.82) is 0 Å². The third-order valence-corrected chi connectivity index (χ3v) is 5.55. The van der Waals surface area contributed by atoms with Gasteiger partial charge < -0.3 is 4.74 Å². The summed E-state index contributed by atoms with van der Waals surface area (Å²) >= 11 is 0. The minimum Gasteiger partial charge on any atom is -0.487 e. The zero-order valence-corrected chi connectivity index (χ0v) is 17.2. The minimum absolute atomic E-state index is 0.00436. The number of aromatic nitrogens is 2. The lowest BCUT2D eigenvalue weighted by molar-refractivity contribution is 0.304. The van der Waals surface area contributed by atoms with Gasteiger partial charge in [-0.05, 0) is 36.2 Å². The summed E-state index contributed by atoms with van der Waals surface area (Å²) in [5.74, 6) is -2.14. The van der Waals surface area contributed by atoms with Crippen molar-refractivity contribution in [1.82, 2.24) is 9.78 Å². The molecule has 0 aliphatic carbocycles. The lowest BCUT2D eigenvalue weighted by Crippen LogP contribution is -2.24. The predicted molar refractivity (Wildman–Crippen MR) is 109 cm³/mol. The number of rotatable bonds is 7. The molecule has 1 heterocycles. The minimum atomic E-state index is -3.37. The van der Waals surface area contributed by atoms with Crippen LogP contribution < -0.4 is 10.3 Å². The lowest BCUT2D eigenvalue weighted by Gasteiger charge is -2.13. The maximum atomic E-state index is 13.6. The normalized spacial score (nSPS) is 11.5. The molecular weight excluding hydrogens is 414 g/mol. The average molecular weight is 434 g/mol. The van der Waals surface area contributed by atoms with Crippen LogP contribution in [0, 0.1) is 11.6 Å². The van der Waals surface area contributed by atoms with Crippen molar-refractivity contribution in [2.45, 2.75) is 24.7 Å². The molecule has 30 heavy (non-hydrogen) atoms. The number of sulfone groups is 1. The smallest absolute Gasteiger partial charge is 0.314 e. The van der Waals surface area contributed by atoms with E-state index in [1.54, 1.807) is 12.1 Å². The van der Waals surface area contributed by atoms with E-state index >= 15 is 0 Å². The van der Waals surface area contributed by atoms with Crippen LogP contribution >= 0.6 is 0 Å². The fourth-order valence-electron chi connectivity index (χ4n) is 2.78. The first-order valence-electron chi connectivity index (χ1n) is 9.23.